The van der Waals surface area contributed by atoms with Crippen molar-refractivity contribution in [1.82, 2.24) is 0 Å². The van der Waals surface area contributed by atoms with E-state index in [0.29, 0.717) is 18.2 Å². The Bertz CT molecular complexity index is 438. The molecule has 0 unspecified atom stereocenters. The Morgan fingerprint density at radius 2 is 1.81 bits per heavy atom. The normalized spacial score (nSPS) is 10.6. The summed E-state index contributed by atoms with van der Waals surface area (Å²) in [6, 6.07) is 4.77. The van der Waals surface area contributed by atoms with E-state index in [1.54, 1.807) is 12.1 Å². The van der Waals surface area contributed by atoms with Gasteiger partial charge in [-0.25, -0.2) is 0 Å². The van der Waals surface area contributed by atoms with Crippen molar-refractivity contribution >= 4 is 17.3 Å². The van der Waals surface area contributed by atoms with Gasteiger partial charge in [-0.1, -0.05) is 51.5 Å². The first-order valence-corrected chi connectivity index (χ1v) is 8.18. The average Bonchev–Trinajstić information content (AvgIpc) is 2.49. The molecule has 21 heavy (non-hydrogen) atoms. The average molecular weight is 314 g/mol. The maximum Gasteiger partial charge on any atom is 0.310 e. The molecule has 0 heterocycles. The zero-order chi connectivity index (χ0) is 15.5. The number of nitro groups is 1. The zero-order valence-corrected chi connectivity index (χ0v) is 13.4. The maximum atomic E-state index is 10.9. The Hall–Kier alpha value is -1.29. The molecule has 0 saturated heterocycles. The Kier molecular flexibility index (Phi) is 8.83. The first-order valence-electron chi connectivity index (χ1n) is 7.65. The molecule has 0 aliphatic rings. The molecule has 0 spiro atoms. The van der Waals surface area contributed by atoms with E-state index in [-0.39, 0.29) is 5.69 Å². The second kappa shape index (κ2) is 10.4. The number of ether oxygens (including phenoxy) is 1. The van der Waals surface area contributed by atoms with Gasteiger partial charge in [-0.2, -0.15) is 0 Å². The fourth-order valence-corrected chi connectivity index (χ4v) is 2.32. The number of unbranched alkanes of at least 4 members (excludes halogenated alkanes) is 6. The molecule has 1 aromatic carbocycles. The molecule has 0 aliphatic carbocycles. The van der Waals surface area contributed by atoms with Crippen molar-refractivity contribution in [2.24, 2.45) is 0 Å². The summed E-state index contributed by atoms with van der Waals surface area (Å²) >= 11 is 5.75. The topological polar surface area (TPSA) is 52.4 Å². The Morgan fingerprint density at radius 3 is 2.43 bits per heavy atom. The lowest BCUT2D eigenvalue weighted by Crippen LogP contribution is -2.01. The van der Waals surface area contributed by atoms with Crippen molar-refractivity contribution in [2.75, 3.05) is 6.61 Å². The summed E-state index contributed by atoms with van der Waals surface area (Å²) in [5.74, 6) is 0.648. The third-order valence-corrected chi connectivity index (χ3v) is 3.69. The van der Waals surface area contributed by atoms with Crippen molar-refractivity contribution in [3.63, 3.8) is 0 Å². The Balaban J connectivity index is 2.35. The van der Waals surface area contributed by atoms with Gasteiger partial charge in [0.2, 0.25) is 0 Å². The second-order valence-electron chi connectivity index (χ2n) is 5.16. The summed E-state index contributed by atoms with van der Waals surface area (Å²) in [6.07, 6.45) is 8.34. The van der Waals surface area contributed by atoms with Crippen LogP contribution in [0.3, 0.4) is 0 Å². The van der Waals surface area contributed by atoms with Crippen molar-refractivity contribution in [3.05, 3.63) is 33.9 Å². The van der Waals surface area contributed by atoms with Gasteiger partial charge in [0.15, 0.2) is 5.75 Å². The number of nitro benzene ring substituents is 1. The molecule has 5 heteroatoms. The lowest BCUT2D eigenvalue weighted by atomic mass is 10.1. The third-order valence-electron chi connectivity index (χ3n) is 3.38. The van der Waals surface area contributed by atoms with Crippen LogP contribution in [-0.2, 0) is 5.88 Å². The van der Waals surface area contributed by atoms with E-state index >= 15 is 0 Å². The van der Waals surface area contributed by atoms with Crippen LogP contribution in [0.4, 0.5) is 5.69 Å². The summed E-state index contributed by atoms with van der Waals surface area (Å²) in [6.45, 7) is 2.72. The number of halogens is 1. The molecule has 0 aromatic heterocycles. The van der Waals surface area contributed by atoms with Gasteiger partial charge in [0.25, 0.3) is 0 Å². The first kappa shape index (κ1) is 17.8. The molecule has 4 nitrogen and oxygen atoms in total. The molecule has 0 radical (unpaired) electrons. The van der Waals surface area contributed by atoms with Crippen LogP contribution in [0.5, 0.6) is 5.75 Å². The number of hydrogen-bond donors (Lipinski definition) is 0. The van der Waals surface area contributed by atoms with Gasteiger partial charge in [0, 0.05) is 11.9 Å². The fraction of sp³-hybridized carbons (Fsp3) is 0.625. The highest BCUT2D eigenvalue weighted by Gasteiger charge is 2.15. The largest absolute Gasteiger partial charge is 0.487 e. The van der Waals surface area contributed by atoms with Crippen LogP contribution in [0.25, 0.3) is 0 Å². The minimum Gasteiger partial charge on any atom is -0.487 e. The lowest BCUT2D eigenvalue weighted by molar-refractivity contribution is -0.385. The quantitative estimate of drug-likeness (QED) is 0.236. The predicted octanol–water partition coefficient (Wildman–Crippen LogP) is 5.46. The number of hydrogen-bond acceptors (Lipinski definition) is 3. The summed E-state index contributed by atoms with van der Waals surface area (Å²) in [4.78, 5) is 10.5. The molecule has 1 rings (SSSR count). The van der Waals surface area contributed by atoms with Gasteiger partial charge < -0.3 is 4.74 Å². The van der Waals surface area contributed by atoms with Gasteiger partial charge in [0.1, 0.15) is 0 Å². The van der Waals surface area contributed by atoms with E-state index in [0.717, 1.165) is 18.4 Å². The van der Waals surface area contributed by atoms with Crippen molar-refractivity contribution in [1.29, 1.82) is 0 Å². The first-order chi connectivity index (χ1) is 10.2. The Labute approximate surface area is 131 Å². The predicted molar refractivity (Wildman–Crippen MR) is 86.1 cm³/mol. The van der Waals surface area contributed by atoms with Gasteiger partial charge >= 0.3 is 5.69 Å². The van der Waals surface area contributed by atoms with Crippen LogP contribution in [0.1, 0.15) is 57.4 Å². The zero-order valence-electron chi connectivity index (χ0n) is 12.6. The highest BCUT2D eigenvalue weighted by molar-refractivity contribution is 6.17. The van der Waals surface area contributed by atoms with E-state index in [9.17, 15) is 10.1 Å². The van der Waals surface area contributed by atoms with E-state index in [1.807, 2.05) is 0 Å². The van der Waals surface area contributed by atoms with Gasteiger partial charge in [-0.05, 0) is 18.1 Å². The minimum atomic E-state index is -0.419. The van der Waals surface area contributed by atoms with Crippen LogP contribution in [0.2, 0.25) is 0 Å². The summed E-state index contributed by atoms with van der Waals surface area (Å²) in [7, 11) is 0. The van der Waals surface area contributed by atoms with Crippen molar-refractivity contribution < 1.29 is 9.66 Å². The highest BCUT2D eigenvalue weighted by atomic mass is 35.5. The van der Waals surface area contributed by atoms with Crippen LogP contribution >= 0.6 is 11.6 Å². The van der Waals surface area contributed by atoms with Crippen LogP contribution in [-0.4, -0.2) is 11.5 Å². The van der Waals surface area contributed by atoms with E-state index in [1.165, 1.54) is 38.2 Å². The molecule has 1 aromatic rings. The maximum absolute atomic E-state index is 10.9. The highest BCUT2D eigenvalue weighted by Crippen LogP contribution is 2.28. The molecule has 0 N–H and O–H groups in total. The lowest BCUT2D eigenvalue weighted by Gasteiger charge is -2.08. The molecule has 0 aliphatic heterocycles. The molecule has 0 amide bonds. The number of rotatable bonds is 11. The number of alkyl halides is 1. The SMILES string of the molecule is CCCCCCCCCOc1cc(CCl)ccc1[N+](=O)[O-]. The smallest absolute Gasteiger partial charge is 0.310 e. The molecular weight excluding hydrogens is 290 g/mol. The molecule has 0 atom stereocenters. The van der Waals surface area contributed by atoms with E-state index < -0.39 is 4.92 Å². The summed E-state index contributed by atoms with van der Waals surface area (Å²) < 4.78 is 5.57. The van der Waals surface area contributed by atoms with E-state index in [2.05, 4.69) is 6.92 Å². The fourth-order valence-electron chi connectivity index (χ4n) is 2.15. The van der Waals surface area contributed by atoms with Gasteiger partial charge in [-0.3, -0.25) is 10.1 Å². The molecule has 0 fully saturated rings. The molecular formula is C16H24ClNO3. The molecule has 0 saturated carbocycles. The number of nitrogens with zero attached hydrogens (tertiary/aromatic N) is 1. The molecule has 118 valence electrons. The van der Waals surface area contributed by atoms with E-state index in [4.69, 9.17) is 16.3 Å². The monoisotopic (exact) mass is 313 g/mol. The third kappa shape index (κ3) is 6.80. The van der Waals surface area contributed by atoms with Crippen LogP contribution in [0, 0.1) is 10.1 Å². The van der Waals surface area contributed by atoms with Crippen molar-refractivity contribution in [2.45, 2.75) is 57.7 Å². The second-order valence-corrected chi connectivity index (χ2v) is 5.43. The summed E-state index contributed by atoms with van der Waals surface area (Å²) in [5.41, 5.74) is 0.837. The Morgan fingerprint density at radius 1 is 1.14 bits per heavy atom. The number of benzene rings is 1. The van der Waals surface area contributed by atoms with Gasteiger partial charge in [-0.15, -0.1) is 11.6 Å². The molecule has 0 bridgehead atoms. The van der Waals surface area contributed by atoms with Crippen LogP contribution < -0.4 is 4.74 Å². The van der Waals surface area contributed by atoms with Crippen LogP contribution in [0.15, 0.2) is 18.2 Å². The van der Waals surface area contributed by atoms with Gasteiger partial charge in [0.05, 0.1) is 11.5 Å². The van der Waals surface area contributed by atoms with Crippen molar-refractivity contribution in [3.8, 4) is 5.75 Å². The standard InChI is InChI=1S/C16H24ClNO3/c1-2-3-4-5-6-7-8-11-21-16-12-14(13-17)9-10-15(16)18(19)20/h9-10,12H,2-8,11,13H2,1H3. The minimum absolute atomic E-state index is 0.00631. The summed E-state index contributed by atoms with van der Waals surface area (Å²) in [5, 5.41) is 10.9.